The molecular weight excluding hydrogens is 362 g/mol. The lowest BCUT2D eigenvalue weighted by atomic mass is 10.1. The molecule has 0 heterocycles. The Morgan fingerprint density at radius 2 is 2.00 bits per heavy atom. The van der Waals surface area contributed by atoms with Crippen LogP contribution in [0.1, 0.15) is 11.1 Å². The Bertz CT molecular complexity index is 661. The quantitative estimate of drug-likeness (QED) is 0.736. The largest absolute Gasteiger partial charge is 0.493 e. The van der Waals surface area contributed by atoms with Gasteiger partial charge in [0.15, 0.2) is 11.5 Å². The first-order chi connectivity index (χ1) is 11.1. The minimum Gasteiger partial charge on any atom is -0.493 e. The van der Waals surface area contributed by atoms with Gasteiger partial charge < -0.3 is 19.9 Å². The molecule has 0 saturated carbocycles. The van der Waals surface area contributed by atoms with Crippen molar-refractivity contribution in [2.24, 2.45) is 0 Å². The van der Waals surface area contributed by atoms with Crippen molar-refractivity contribution in [3.63, 3.8) is 0 Å². The molecule has 2 N–H and O–H groups in total. The van der Waals surface area contributed by atoms with Crippen LogP contribution in [0.4, 0.5) is 0 Å². The maximum Gasteiger partial charge on any atom is 0.317 e. The monoisotopic (exact) mass is 379 g/mol. The molecular formula is C17H18BrNO4. The normalized spacial score (nSPS) is 10.3. The third-order valence-electron chi connectivity index (χ3n) is 3.13. The predicted octanol–water partition coefficient (Wildman–Crippen LogP) is 3.21. The number of carboxylic acid groups (broad SMARTS) is 1. The van der Waals surface area contributed by atoms with E-state index in [9.17, 15) is 4.79 Å². The molecule has 2 aromatic rings. The SMILES string of the molecule is COc1cc(Br)cc(CNCC(=O)O)c1OCc1ccccc1. The van der Waals surface area contributed by atoms with Crippen molar-refractivity contribution < 1.29 is 19.4 Å². The van der Waals surface area contributed by atoms with Crippen molar-refractivity contribution in [1.82, 2.24) is 5.32 Å². The second-order valence-electron chi connectivity index (χ2n) is 4.87. The molecule has 5 nitrogen and oxygen atoms in total. The third-order valence-corrected chi connectivity index (χ3v) is 3.59. The van der Waals surface area contributed by atoms with Gasteiger partial charge in [-0.25, -0.2) is 0 Å². The van der Waals surface area contributed by atoms with E-state index in [4.69, 9.17) is 14.6 Å². The Morgan fingerprint density at radius 3 is 2.65 bits per heavy atom. The van der Waals surface area contributed by atoms with Crippen LogP contribution in [0.2, 0.25) is 0 Å². The third kappa shape index (κ3) is 5.26. The van der Waals surface area contributed by atoms with Gasteiger partial charge in [-0.05, 0) is 17.7 Å². The summed E-state index contributed by atoms with van der Waals surface area (Å²) in [5, 5.41) is 11.6. The number of benzene rings is 2. The molecule has 0 saturated heterocycles. The summed E-state index contributed by atoms with van der Waals surface area (Å²) < 4.78 is 12.1. The number of hydrogen-bond donors (Lipinski definition) is 2. The number of hydrogen-bond acceptors (Lipinski definition) is 4. The lowest BCUT2D eigenvalue weighted by molar-refractivity contribution is -0.136. The Morgan fingerprint density at radius 1 is 1.26 bits per heavy atom. The van der Waals surface area contributed by atoms with E-state index in [0.29, 0.717) is 24.7 Å². The van der Waals surface area contributed by atoms with Crippen LogP contribution < -0.4 is 14.8 Å². The molecule has 0 aliphatic rings. The van der Waals surface area contributed by atoms with Crippen molar-refractivity contribution in [2.75, 3.05) is 13.7 Å². The molecule has 2 rings (SSSR count). The van der Waals surface area contributed by atoms with Gasteiger partial charge in [-0.15, -0.1) is 0 Å². The van der Waals surface area contributed by atoms with Gasteiger partial charge >= 0.3 is 5.97 Å². The summed E-state index contributed by atoms with van der Waals surface area (Å²) in [6, 6.07) is 13.5. The van der Waals surface area contributed by atoms with Crippen molar-refractivity contribution in [2.45, 2.75) is 13.2 Å². The number of methoxy groups -OCH3 is 1. The number of rotatable bonds is 8. The Labute approximate surface area is 143 Å². The van der Waals surface area contributed by atoms with E-state index in [2.05, 4.69) is 21.2 Å². The van der Waals surface area contributed by atoms with Crippen molar-refractivity contribution in [1.29, 1.82) is 0 Å². The van der Waals surface area contributed by atoms with Crippen LogP contribution >= 0.6 is 15.9 Å². The van der Waals surface area contributed by atoms with E-state index < -0.39 is 5.97 Å². The van der Waals surface area contributed by atoms with Crippen molar-refractivity contribution in [3.05, 3.63) is 58.1 Å². The predicted molar refractivity (Wildman–Crippen MR) is 90.8 cm³/mol. The summed E-state index contributed by atoms with van der Waals surface area (Å²) in [5.41, 5.74) is 1.87. The van der Waals surface area contributed by atoms with Crippen LogP contribution in [-0.4, -0.2) is 24.7 Å². The van der Waals surface area contributed by atoms with Gasteiger partial charge in [0.1, 0.15) is 6.61 Å². The molecule has 0 unspecified atom stereocenters. The maximum atomic E-state index is 10.6. The lowest BCUT2D eigenvalue weighted by Gasteiger charge is -2.16. The van der Waals surface area contributed by atoms with Gasteiger partial charge in [0, 0.05) is 16.6 Å². The minimum atomic E-state index is -0.904. The van der Waals surface area contributed by atoms with Crippen LogP contribution in [0.3, 0.4) is 0 Å². The molecule has 0 atom stereocenters. The summed E-state index contributed by atoms with van der Waals surface area (Å²) in [7, 11) is 1.58. The highest BCUT2D eigenvalue weighted by Crippen LogP contribution is 2.35. The zero-order valence-electron chi connectivity index (χ0n) is 12.7. The van der Waals surface area contributed by atoms with Crippen LogP contribution in [0, 0.1) is 0 Å². The highest BCUT2D eigenvalue weighted by Gasteiger charge is 2.13. The van der Waals surface area contributed by atoms with Gasteiger partial charge in [0.2, 0.25) is 0 Å². The number of nitrogens with one attached hydrogen (secondary N) is 1. The number of aliphatic carboxylic acids is 1. The minimum absolute atomic E-state index is 0.118. The summed E-state index contributed by atoms with van der Waals surface area (Å²) in [6.07, 6.45) is 0. The van der Waals surface area contributed by atoms with E-state index in [-0.39, 0.29) is 6.54 Å². The lowest BCUT2D eigenvalue weighted by Crippen LogP contribution is -2.22. The highest BCUT2D eigenvalue weighted by atomic mass is 79.9. The summed E-state index contributed by atoms with van der Waals surface area (Å²) in [5.74, 6) is 0.304. The van der Waals surface area contributed by atoms with Gasteiger partial charge in [-0.1, -0.05) is 46.3 Å². The number of carboxylic acids is 1. The van der Waals surface area contributed by atoms with Crippen molar-refractivity contribution >= 4 is 21.9 Å². The molecule has 0 fully saturated rings. The van der Waals surface area contributed by atoms with E-state index in [1.807, 2.05) is 42.5 Å². The van der Waals surface area contributed by atoms with Crippen LogP contribution in [0.25, 0.3) is 0 Å². The zero-order valence-corrected chi connectivity index (χ0v) is 14.3. The molecule has 0 spiro atoms. The van der Waals surface area contributed by atoms with Crippen molar-refractivity contribution in [3.8, 4) is 11.5 Å². The average molecular weight is 380 g/mol. The molecule has 0 aliphatic carbocycles. The fraction of sp³-hybridized carbons (Fsp3) is 0.235. The summed E-state index contributed by atoms with van der Waals surface area (Å²) in [4.78, 5) is 10.6. The van der Waals surface area contributed by atoms with E-state index >= 15 is 0 Å². The first kappa shape index (κ1) is 17.3. The van der Waals surface area contributed by atoms with Crippen LogP contribution in [0.15, 0.2) is 46.9 Å². The van der Waals surface area contributed by atoms with Gasteiger partial charge in [0.05, 0.1) is 13.7 Å². The summed E-state index contributed by atoms with van der Waals surface area (Å²) >= 11 is 3.43. The molecule has 6 heteroatoms. The van der Waals surface area contributed by atoms with E-state index in [1.54, 1.807) is 7.11 Å². The fourth-order valence-electron chi connectivity index (χ4n) is 2.10. The molecule has 2 aromatic carbocycles. The summed E-state index contributed by atoms with van der Waals surface area (Å²) in [6.45, 7) is 0.657. The molecule has 122 valence electrons. The first-order valence-electron chi connectivity index (χ1n) is 7.06. The maximum absolute atomic E-state index is 10.6. The zero-order chi connectivity index (χ0) is 16.7. The number of halogens is 1. The Balaban J connectivity index is 2.18. The molecule has 23 heavy (non-hydrogen) atoms. The number of carbonyl (C=O) groups is 1. The van der Waals surface area contributed by atoms with E-state index in [1.165, 1.54) is 0 Å². The second kappa shape index (κ2) is 8.55. The molecule has 0 bridgehead atoms. The molecule has 0 radical (unpaired) electrons. The average Bonchev–Trinajstić information content (AvgIpc) is 2.54. The first-order valence-corrected chi connectivity index (χ1v) is 7.85. The topological polar surface area (TPSA) is 67.8 Å². The Kier molecular flexibility index (Phi) is 6.43. The van der Waals surface area contributed by atoms with Crippen LogP contribution in [-0.2, 0) is 17.9 Å². The molecule has 0 amide bonds. The van der Waals surface area contributed by atoms with Gasteiger partial charge in [-0.2, -0.15) is 0 Å². The standard InChI is InChI=1S/C17H18BrNO4/c1-22-15-8-14(18)7-13(9-19-10-16(20)21)17(15)23-11-12-5-3-2-4-6-12/h2-8,19H,9-11H2,1H3,(H,20,21). The number of ether oxygens (including phenoxy) is 2. The second-order valence-corrected chi connectivity index (χ2v) is 5.78. The van der Waals surface area contributed by atoms with Gasteiger partial charge in [-0.3, -0.25) is 4.79 Å². The van der Waals surface area contributed by atoms with E-state index in [0.717, 1.165) is 15.6 Å². The van der Waals surface area contributed by atoms with Gasteiger partial charge in [0.25, 0.3) is 0 Å². The van der Waals surface area contributed by atoms with Crippen LogP contribution in [0.5, 0.6) is 11.5 Å². The smallest absolute Gasteiger partial charge is 0.317 e. The molecule has 0 aliphatic heterocycles. The Hall–Kier alpha value is -2.05. The highest BCUT2D eigenvalue weighted by molar-refractivity contribution is 9.10. The molecule has 0 aromatic heterocycles. The fourth-order valence-corrected chi connectivity index (χ4v) is 2.59.